The van der Waals surface area contributed by atoms with Crippen molar-refractivity contribution in [1.82, 2.24) is 24.8 Å². The van der Waals surface area contributed by atoms with Gasteiger partial charge < -0.3 is 10.2 Å². The molecule has 0 spiro atoms. The Morgan fingerprint density at radius 2 is 1.96 bits per heavy atom. The largest absolute Gasteiger partial charge is 0.330 e. The molecule has 1 atom stereocenters. The fraction of sp³-hybridized carbons (Fsp3) is 0.286. The molecule has 4 heterocycles. The first-order valence-corrected chi connectivity index (χ1v) is 9.37. The second-order valence-electron chi connectivity index (χ2n) is 6.91. The lowest BCUT2D eigenvalue weighted by molar-refractivity contribution is 0.0729. The van der Waals surface area contributed by atoms with Crippen LogP contribution >= 0.6 is 0 Å². The van der Waals surface area contributed by atoms with Crippen LogP contribution in [0.3, 0.4) is 0 Å². The van der Waals surface area contributed by atoms with E-state index in [1.54, 1.807) is 31.6 Å². The fourth-order valence-corrected chi connectivity index (χ4v) is 3.54. The van der Waals surface area contributed by atoms with Gasteiger partial charge in [0.15, 0.2) is 0 Å². The number of nitrogens with zero attached hydrogens (tertiary/aromatic N) is 5. The average Bonchev–Trinajstić information content (AvgIpc) is 3.19. The first-order chi connectivity index (χ1) is 13.6. The molecule has 0 saturated carbocycles. The summed E-state index contributed by atoms with van der Waals surface area (Å²) in [4.78, 5) is 32.0. The molecule has 28 heavy (non-hydrogen) atoms. The third-order valence-electron chi connectivity index (χ3n) is 4.93. The van der Waals surface area contributed by atoms with Crippen LogP contribution in [0.4, 0.5) is 11.6 Å². The maximum atomic E-state index is 13.0. The number of carbonyl (C=O) groups is 1. The normalized spacial score (nSPS) is 16.2. The highest BCUT2D eigenvalue weighted by atomic mass is 16.2. The molecule has 3 aromatic heterocycles. The molecule has 1 aliphatic heterocycles. The smallest absolute Gasteiger partial charge is 0.273 e. The van der Waals surface area contributed by atoms with Crippen LogP contribution in [0.25, 0.3) is 0 Å². The Balaban J connectivity index is 1.58. The van der Waals surface area contributed by atoms with Gasteiger partial charge in [-0.15, -0.1) is 0 Å². The third kappa shape index (κ3) is 3.69. The van der Waals surface area contributed by atoms with Gasteiger partial charge in [0.1, 0.15) is 23.2 Å². The molecule has 0 aromatic carbocycles. The lowest BCUT2D eigenvalue weighted by Gasteiger charge is -2.25. The predicted octanol–water partition coefficient (Wildman–Crippen LogP) is 3.60. The summed E-state index contributed by atoms with van der Waals surface area (Å²) in [7, 11) is 0. The number of hydrogen-bond acceptors (Lipinski definition) is 6. The van der Waals surface area contributed by atoms with Crippen LogP contribution in [0.15, 0.2) is 48.9 Å². The van der Waals surface area contributed by atoms with Gasteiger partial charge in [0.2, 0.25) is 0 Å². The van der Waals surface area contributed by atoms with E-state index in [0.717, 1.165) is 42.1 Å². The zero-order valence-corrected chi connectivity index (χ0v) is 16.0. The third-order valence-corrected chi connectivity index (χ3v) is 4.93. The Kier molecular flexibility index (Phi) is 4.97. The molecule has 7 heteroatoms. The summed E-state index contributed by atoms with van der Waals surface area (Å²) in [6.45, 7) is 4.51. The second-order valence-corrected chi connectivity index (χ2v) is 6.91. The van der Waals surface area contributed by atoms with Crippen LogP contribution in [0.2, 0.25) is 0 Å². The lowest BCUT2D eigenvalue weighted by Crippen LogP contribution is -2.31. The van der Waals surface area contributed by atoms with Crippen molar-refractivity contribution < 1.29 is 4.79 Å². The van der Waals surface area contributed by atoms with Crippen molar-refractivity contribution in [2.45, 2.75) is 32.7 Å². The van der Waals surface area contributed by atoms with Crippen LogP contribution in [0, 0.1) is 13.8 Å². The monoisotopic (exact) mass is 374 g/mol. The molecule has 0 bridgehead atoms. The van der Waals surface area contributed by atoms with Gasteiger partial charge in [0, 0.05) is 25.1 Å². The number of carbonyl (C=O) groups excluding carboxylic acids is 1. The molecule has 0 unspecified atom stereocenters. The van der Waals surface area contributed by atoms with Gasteiger partial charge in [-0.25, -0.2) is 19.9 Å². The van der Waals surface area contributed by atoms with Crippen molar-refractivity contribution >= 4 is 17.5 Å². The molecule has 142 valence electrons. The first-order valence-electron chi connectivity index (χ1n) is 9.37. The summed E-state index contributed by atoms with van der Waals surface area (Å²) in [5.41, 5.74) is 2.55. The molecule has 0 radical (unpaired) electrons. The van der Waals surface area contributed by atoms with Crippen molar-refractivity contribution in [3.05, 3.63) is 71.6 Å². The zero-order valence-electron chi connectivity index (χ0n) is 16.0. The Hall–Kier alpha value is -3.35. The van der Waals surface area contributed by atoms with E-state index in [1.165, 1.54) is 0 Å². The number of pyridine rings is 2. The summed E-state index contributed by atoms with van der Waals surface area (Å²) in [6.07, 6.45) is 7.03. The van der Waals surface area contributed by atoms with E-state index in [2.05, 4.69) is 25.3 Å². The Morgan fingerprint density at radius 1 is 1.11 bits per heavy atom. The standard InChI is InChI=1S/C21H22N6O/c1-14-5-3-9-24-20(14)26-19-13-16(7-10-23-19)18-6-4-12-27(18)21(28)17-8-11-22-15(2)25-17/h3,5,7-11,13,18H,4,6,12H2,1-2H3,(H,23,24,26)/t18-/m1/s1. The van der Waals surface area contributed by atoms with E-state index in [-0.39, 0.29) is 11.9 Å². The molecule has 1 amide bonds. The van der Waals surface area contributed by atoms with Gasteiger partial charge in [-0.05, 0) is 62.1 Å². The molecule has 4 rings (SSSR count). The Morgan fingerprint density at radius 3 is 2.79 bits per heavy atom. The van der Waals surface area contributed by atoms with Gasteiger partial charge in [0.05, 0.1) is 6.04 Å². The van der Waals surface area contributed by atoms with Gasteiger partial charge in [-0.1, -0.05) is 6.07 Å². The van der Waals surface area contributed by atoms with Crippen LogP contribution in [-0.4, -0.2) is 37.3 Å². The molecule has 1 N–H and O–H groups in total. The van der Waals surface area contributed by atoms with E-state index in [1.807, 2.05) is 36.1 Å². The number of rotatable bonds is 4. The minimum absolute atomic E-state index is 0.0103. The molecular formula is C21H22N6O. The van der Waals surface area contributed by atoms with Crippen molar-refractivity contribution in [2.75, 3.05) is 11.9 Å². The van der Waals surface area contributed by atoms with E-state index in [4.69, 9.17) is 0 Å². The Bertz CT molecular complexity index is 1010. The first kappa shape index (κ1) is 18.0. The SMILES string of the molecule is Cc1nccc(C(=O)N2CCC[C@@H]2c2ccnc(Nc3ncccc3C)c2)n1. The predicted molar refractivity (Wildman–Crippen MR) is 106 cm³/mol. The minimum atomic E-state index is -0.0557. The van der Waals surface area contributed by atoms with E-state index in [0.29, 0.717) is 11.5 Å². The second kappa shape index (κ2) is 7.72. The maximum absolute atomic E-state index is 13.0. The van der Waals surface area contributed by atoms with Gasteiger partial charge in [-0.3, -0.25) is 4.79 Å². The van der Waals surface area contributed by atoms with Gasteiger partial charge in [0.25, 0.3) is 5.91 Å². The molecule has 0 aliphatic carbocycles. The molecular weight excluding hydrogens is 352 g/mol. The highest BCUT2D eigenvalue weighted by molar-refractivity contribution is 5.92. The number of hydrogen-bond donors (Lipinski definition) is 1. The number of nitrogens with one attached hydrogen (secondary N) is 1. The highest BCUT2D eigenvalue weighted by Gasteiger charge is 2.31. The topological polar surface area (TPSA) is 83.9 Å². The van der Waals surface area contributed by atoms with Crippen molar-refractivity contribution in [2.24, 2.45) is 0 Å². The number of likely N-dealkylation sites (tertiary alicyclic amines) is 1. The van der Waals surface area contributed by atoms with Gasteiger partial charge in [-0.2, -0.15) is 0 Å². The van der Waals surface area contributed by atoms with Crippen LogP contribution < -0.4 is 5.32 Å². The van der Waals surface area contributed by atoms with Crippen LogP contribution in [0.5, 0.6) is 0 Å². The van der Waals surface area contributed by atoms with Crippen molar-refractivity contribution in [1.29, 1.82) is 0 Å². The fourth-order valence-electron chi connectivity index (χ4n) is 3.54. The van der Waals surface area contributed by atoms with Crippen LogP contribution in [-0.2, 0) is 0 Å². The lowest BCUT2D eigenvalue weighted by atomic mass is 10.1. The number of aromatic nitrogens is 4. The maximum Gasteiger partial charge on any atom is 0.273 e. The van der Waals surface area contributed by atoms with E-state index >= 15 is 0 Å². The van der Waals surface area contributed by atoms with Crippen molar-refractivity contribution in [3.8, 4) is 0 Å². The van der Waals surface area contributed by atoms with Gasteiger partial charge >= 0.3 is 0 Å². The number of anilines is 2. The highest BCUT2D eigenvalue weighted by Crippen LogP contribution is 2.34. The quantitative estimate of drug-likeness (QED) is 0.751. The Labute approximate surface area is 163 Å². The summed E-state index contributed by atoms with van der Waals surface area (Å²) in [5.74, 6) is 2.04. The summed E-state index contributed by atoms with van der Waals surface area (Å²) in [6, 6.07) is 9.56. The molecule has 1 saturated heterocycles. The number of amides is 1. The van der Waals surface area contributed by atoms with E-state index < -0.39 is 0 Å². The number of aryl methyl sites for hydroxylation is 2. The van der Waals surface area contributed by atoms with Crippen LogP contribution in [0.1, 0.15) is 46.3 Å². The molecule has 7 nitrogen and oxygen atoms in total. The summed E-state index contributed by atoms with van der Waals surface area (Å²) < 4.78 is 0. The average molecular weight is 374 g/mol. The zero-order chi connectivity index (χ0) is 19.5. The summed E-state index contributed by atoms with van der Waals surface area (Å²) >= 11 is 0. The molecule has 3 aromatic rings. The minimum Gasteiger partial charge on any atom is -0.330 e. The van der Waals surface area contributed by atoms with E-state index in [9.17, 15) is 4.79 Å². The summed E-state index contributed by atoms with van der Waals surface area (Å²) in [5, 5.41) is 3.27. The van der Waals surface area contributed by atoms with Crippen molar-refractivity contribution in [3.63, 3.8) is 0 Å². The molecule has 1 fully saturated rings. The molecule has 1 aliphatic rings.